The van der Waals surface area contributed by atoms with E-state index in [4.69, 9.17) is 4.42 Å². The SMILES string of the molecule is Cn1cc(C2CCCN2CCCc2nc3ccccc3o2)cn1. The van der Waals surface area contributed by atoms with Gasteiger partial charge in [0, 0.05) is 31.3 Å². The van der Waals surface area contributed by atoms with Gasteiger partial charge in [0.05, 0.1) is 6.20 Å². The molecule has 1 saturated heterocycles. The standard InChI is InChI=1S/C18H22N4O/c1-21-13-14(12-19-21)16-7-4-10-22(16)11-5-9-18-20-15-6-2-3-8-17(15)23-18/h2-3,6,8,12-13,16H,4-5,7,9-11H2,1H3. The number of nitrogens with zero attached hydrogens (tertiary/aromatic N) is 4. The van der Waals surface area contributed by atoms with Crippen LogP contribution in [0.1, 0.15) is 36.8 Å². The van der Waals surface area contributed by atoms with E-state index in [2.05, 4.69) is 21.2 Å². The van der Waals surface area contributed by atoms with Crippen molar-refractivity contribution in [3.8, 4) is 0 Å². The minimum absolute atomic E-state index is 0.521. The Balaban J connectivity index is 1.36. The first-order chi connectivity index (χ1) is 11.3. The molecule has 1 atom stereocenters. The summed E-state index contributed by atoms with van der Waals surface area (Å²) >= 11 is 0. The first-order valence-electron chi connectivity index (χ1n) is 8.36. The Morgan fingerprint density at radius 3 is 3.04 bits per heavy atom. The Morgan fingerprint density at radius 1 is 1.30 bits per heavy atom. The maximum absolute atomic E-state index is 5.80. The van der Waals surface area contributed by atoms with Crippen LogP contribution in [0.25, 0.3) is 11.1 Å². The van der Waals surface area contributed by atoms with Gasteiger partial charge in [-0.1, -0.05) is 12.1 Å². The molecule has 1 unspecified atom stereocenters. The van der Waals surface area contributed by atoms with Crippen LogP contribution >= 0.6 is 0 Å². The third-order valence-corrected chi connectivity index (χ3v) is 4.65. The van der Waals surface area contributed by atoms with Crippen molar-refractivity contribution in [3.05, 3.63) is 48.1 Å². The van der Waals surface area contributed by atoms with Crippen molar-refractivity contribution in [2.45, 2.75) is 31.7 Å². The van der Waals surface area contributed by atoms with Crippen molar-refractivity contribution in [2.24, 2.45) is 7.05 Å². The summed E-state index contributed by atoms with van der Waals surface area (Å²) in [6, 6.07) is 8.48. The van der Waals surface area contributed by atoms with Gasteiger partial charge in [-0.2, -0.15) is 5.10 Å². The third-order valence-electron chi connectivity index (χ3n) is 4.65. The van der Waals surface area contributed by atoms with E-state index < -0.39 is 0 Å². The zero-order valence-electron chi connectivity index (χ0n) is 13.5. The van der Waals surface area contributed by atoms with Crippen LogP contribution in [0, 0.1) is 0 Å². The molecule has 1 aliphatic rings. The highest BCUT2D eigenvalue weighted by Gasteiger charge is 2.26. The van der Waals surface area contributed by atoms with Gasteiger partial charge in [-0.25, -0.2) is 4.98 Å². The predicted molar refractivity (Wildman–Crippen MR) is 89.1 cm³/mol. The van der Waals surface area contributed by atoms with Gasteiger partial charge in [-0.3, -0.25) is 9.58 Å². The van der Waals surface area contributed by atoms with Crippen LogP contribution in [0.4, 0.5) is 0 Å². The van der Waals surface area contributed by atoms with Gasteiger partial charge in [0.15, 0.2) is 11.5 Å². The monoisotopic (exact) mass is 310 g/mol. The van der Waals surface area contributed by atoms with Crippen LogP contribution in [-0.2, 0) is 13.5 Å². The normalized spacial score (nSPS) is 18.9. The smallest absolute Gasteiger partial charge is 0.195 e. The number of rotatable bonds is 5. The number of oxazole rings is 1. The molecule has 0 spiro atoms. The first kappa shape index (κ1) is 14.5. The molecule has 1 aromatic carbocycles. The van der Waals surface area contributed by atoms with E-state index in [1.807, 2.05) is 42.2 Å². The molecule has 0 amide bonds. The molecular weight excluding hydrogens is 288 g/mol. The Hall–Kier alpha value is -2.14. The fourth-order valence-corrected chi connectivity index (χ4v) is 3.54. The Morgan fingerprint density at radius 2 is 2.22 bits per heavy atom. The van der Waals surface area contributed by atoms with Crippen LogP contribution < -0.4 is 0 Å². The maximum atomic E-state index is 5.80. The lowest BCUT2D eigenvalue weighted by Crippen LogP contribution is -2.24. The second-order valence-corrected chi connectivity index (χ2v) is 6.32. The quantitative estimate of drug-likeness (QED) is 0.725. The van der Waals surface area contributed by atoms with Crippen LogP contribution in [0.15, 0.2) is 41.1 Å². The summed E-state index contributed by atoms with van der Waals surface area (Å²) in [5.41, 5.74) is 3.18. The van der Waals surface area contributed by atoms with Gasteiger partial charge in [0.2, 0.25) is 0 Å². The number of fused-ring (bicyclic) bond motifs is 1. The summed E-state index contributed by atoms with van der Waals surface area (Å²) < 4.78 is 7.70. The van der Waals surface area contributed by atoms with E-state index in [-0.39, 0.29) is 0 Å². The Kier molecular flexibility index (Phi) is 3.87. The summed E-state index contributed by atoms with van der Waals surface area (Å²) in [4.78, 5) is 7.13. The van der Waals surface area contributed by atoms with Gasteiger partial charge in [-0.15, -0.1) is 0 Å². The topological polar surface area (TPSA) is 47.1 Å². The highest BCUT2D eigenvalue weighted by atomic mass is 16.3. The van der Waals surface area contributed by atoms with Crippen molar-refractivity contribution in [1.82, 2.24) is 19.7 Å². The fourth-order valence-electron chi connectivity index (χ4n) is 3.54. The molecule has 0 N–H and O–H groups in total. The zero-order valence-corrected chi connectivity index (χ0v) is 13.5. The molecule has 1 fully saturated rings. The van der Waals surface area contributed by atoms with E-state index in [1.165, 1.54) is 24.9 Å². The van der Waals surface area contributed by atoms with Crippen LogP contribution in [0.2, 0.25) is 0 Å². The van der Waals surface area contributed by atoms with E-state index in [9.17, 15) is 0 Å². The lowest BCUT2D eigenvalue weighted by atomic mass is 10.1. The summed E-state index contributed by atoms with van der Waals surface area (Å²) in [7, 11) is 1.98. The second kappa shape index (κ2) is 6.16. The largest absolute Gasteiger partial charge is 0.441 e. The van der Waals surface area contributed by atoms with Gasteiger partial charge in [0.1, 0.15) is 5.52 Å². The first-order valence-corrected chi connectivity index (χ1v) is 8.36. The van der Waals surface area contributed by atoms with Crippen molar-refractivity contribution in [3.63, 3.8) is 0 Å². The van der Waals surface area contributed by atoms with Crippen LogP contribution in [0.3, 0.4) is 0 Å². The Labute approximate surface area is 135 Å². The summed E-state index contributed by atoms with van der Waals surface area (Å²) in [5, 5.41) is 4.31. The van der Waals surface area contributed by atoms with Crippen LogP contribution in [-0.4, -0.2) is 32.8 Å². The van der Waals surface area contributed by atoms with Crippen molar-refractivity contribution in [2.75, 3.05) is 13.1 Å². The molecule has 3 aromatic rings. The van der Waals surface area contributed by atoms with E-state index in [1.54, 1.807) is 0 Å². The van der Waals surface area contributed by atoms with Gasteiger partial charge < -0.3 is 4.42 Å². The average Bonchev–Trinajstić information content (AvgIpc) is 3.25. The Bertz CT molecular complexity index is 758. The number of aryl methyl sites for hydroxylation is 2. The number of benzene rings is 1. The molecule has 3 heterocycles. The number of hydrogen-bond donors (Lipinski definition) is 0. The van der Waals surface area contributed by atoms with Crippen molar-refractivity contribution >= 4 is 11.1 Å². The van der Waals surface area contributed by atoms with E-state index in [0.29, 0.717) is 6.04 Å². The maximum Gasteiger partial charge on any atom is 0.195 e. The minimum atomic E-state index is 0.521. The molecule has 0 radical (unpaired) electrons. The third kappa shape index (κ3) is 3.01. The number of likely N-dealkylation sites (tertiary alicyclic amines) is 1. The van der Waals surface area contributed by atoms with Crippen LogP contribution in [0.5, 0.6) is 0 Å². The molecule has 0 bridgehead atoms. The van der Waals surface area contributed by atoms with Gasteiger partial charge in [0.25, 0.3) is 0 Å². The number of hydrogen-bond acceptors (Lipinski definition) is 4. The molecule has 5 heteroatoms. The average molecular weight is 310 g/mol. The molecule has 5 nitrogen and oxygen atoms in total. The van der Waals surface area contributed by atoms with Crippen molar-refractivity contribution in [1.29, 1.82) is 0 Å². The molecule has 4 rings (SSSR count). The molecule has 2 aromatic heterocycles. The van der Waals surface area contributed by atoms with E-state index >= 15 is 0 Å². The summed E-state index contributed by atoms with van der Waals surface area (Å²) in [6.07, 6.45) is 8.61. The number of aromatic nitrogens is 3. The molecule has 23 heavy (non-hydrogen) atoms. The minimum Gasteiger partial charge on any atom is -0.441 e. The van der Waals surface area contributed by atoms with E-state index in [0.717, 1.165) is 36.4 Å². The molecule has 0 saturated carbocycles. The van der Waals surface area contributed by atoms with Crippen molar-refractivity contribution < 1.29 is 4.42 Å². The van der Waals surface area contributed by atoms with Gasteiger partial charge in [-0.05, 0) is 44.5 Å². The predicted octanol–water partition coefficient (Wildman–Crippen LogP) is 3.33. The highest BCUT2D eigenvalue weighted by Crippen LogP contribution is 2.31. The molecule has 1 aliphatic heterocycles. The highest BCUT2D eigenvalue weighted by molar-refractivity contribution is 5.72. The molecule has 120 valence electrons. The number of para-hydroxylation sites is 2. The lowest BCUT2D eigenvalue weighted by Gasteiger charge is -2.23. The van der Waals surface area contributed by atoms with Gasteiger partial charge >= 0.3 is 0 Å². The summed E-state index contributed by atoms with van der Waals surface area (Å²) in [5.74, 6) is 0.850. The summed E-state index contributed by atoms with van der Waals surface area (Å²) in [6.45, 7) is 2.26. The lowest BCUT2D eigenvalue weighted by molar-refractivity contribution is 0.252. The zero-order chi connectivity index (χ0) is 15.6. The molecular formula is C18H22N4O. The fraction of sp³-hybridized carbons (Fsp3) is 0.444. The second-order valence-electron chi connectivity index (χ2n) is 6.32. The molecule has 0 aliphatic carbocycles.